The molecule has 0 unspecified atom stereocenters. The summed E-state index contributed by atoms with van der Waals surface area (Å²) in [6, 6.07) is 0. The third-order valence-electron chi connectivity index (χ3n) is 0.807. The number of rotatable bonds is 2. The zero-order valence-corrected chi connectivity index (χ0v) is 6.15. The van der Waals surface area contributed by atoms with E-state index in [0.717, 1.165) is 11.5 Å². The van der Waals surface area contributed by atoms with Crippen LogP contribution in [0.4, 0.5) is 0 Å². The molecule has 0 aromatic heterocycles. The highest BCUT2D eigenvalue weighted by Crippen LogP contribution is 2.04. The van der Waals surface area contributed by atoms with Gasteiger partial charge in [0.05, 0.1) is 0 Å². The van der Waals surface area contributed by atoms with Crippen molar-refractivity contribution in [2.45, 2.75) is 13.3 Å². The molecule has 0 heterocycles. The fourth-order valence-corrected chi connectivity index (χ4v) is 0.399. The van der Waals surface area contributed by atoms with Gasteiger partial charge < -0.3 is 0 Å². The second kappa shape index (κ2) is 5.47. The van der Waals surface area contributed by atoms with Gasteiger partial charge in [-0.1, -0.05) is 30.5 Å². The minimum Gasteiger partial charge on any atom is -0.115 e. The third kappa shape index (κ3) is 5.20. The first-order chi connectivity index (χ1) is 4.31. The van der Waals surface area contributed by atoms with Crippen LogP contribution in [-0.2, 0) is 0 Å². The third-order valence-corrected chi connectivity index (χ3v) is 1.20. The lowest BCUT2D eigenvalue weighted by Gasteiger charge is -1.83. The molecule has 0 bridgehead atoms. The van der Waals surface area contributed by atoms with Crippen molar-refractivity contribution in [2.75, 3.05) is 0 Å². The highest BCUT2D eigenvalue weighted by molar-refractivity contribution is 6.29. The van der Waals surface area contributed by atoms with Gasteiger partial charge in [0.25, 0.3) is 0 Å². The van der Waals surface area contributed by atoms with Crippen molar-refractivity contribution in [3.63, 3.8) is 0 Å². The molecular weight excluding hydrogens is 132 g/mol. The van der Waals surface area contributed by atoms with E-state index in [4.69, 9.17) is 18.0 Å². The van der Waals surface area contributed by atoms with Crippen LogP contribution in [0.15, 0.2) is 23.3 Å². The maximum Gasteiger partial charge on any atom is 0.0178 e. The Kier molecular flexibility index (Phi) is 5.06. The summed E-state index contributed by atoms with van der Waals surface area (Å²) in [5, 5.41) is 0.821. The lowest BCUT2D eigenvalue weighted by atomic mass is 10.4. The molecule has 0 amide bonds. The van der Waals surface area contributed by atoms with Crippen LogP contribution in [0.2, 0.25) is 0 Å². The van der Waals surface area contributed by atoms with E-state index >= 15 is 0 Å². The molecule has 0 aliphatic rings. The summed E-state index contributed by atoms with van der Waals surface area (Å²) in [7, 11) is 0. The molecule has 0 radical (unpaired) electrons. The molecule has 0 aliphatic carbocycles. The fraction of sp³-hybridized carbons (Fsp3) is 0.250. The van der Waals surface area contributed by atoms with Crippen LogP contribution in [0, 0.1) is 12.3 Å². The SMILES string of the molecule is C#C/C=C\C=C(\Cl)CC. The molecule has 0 spiro atoms. The van der Waals surface area contributed by atoms with Crippen LogP contribution in [0.1, 0.15) is 13.3 Å². The van der Waals surface area contributed by atoms with Crippen LogP contribution in [0.5, 0.6) is 0 Å². The van der Waals surface area contributed by atoms with E-state index in [1.165, 1.54) is 0 Å². The summed E-state index contributed by atoms with van der Waals surface area (Å²) in [4.78, 5) is 0. The van der Waals surface area contributed by atoms with Crippen molar-refractivity contribution in [1.82, 2.24) is 0 Å². The number of terminal acetylenes is 1. The second-order valence-electron chi connectivity index (χ2n) is 1.49. The lowest BCUT2D eigenvalue weighted by molar-refractivity contribution is 1.19. The largest absolute Gasteiger partial charge is 0.115 e. The summed E-state index contributed by atoms with van der Waals surface area (Å²) >= 11 is 5.64. The van der Waals surface area contributed by atoms with Gasteiger partial charge in [0.2, 0.25) is 0 Å². The number of halogens is 1. The quantitative estimate of drug-likeness (QED) is 0.409. The van der Waals surface area contributed by atoms with Crippen LogP contribution in [0.3, 0.4) is 0 Å². The molecule has 9 heavy (non-hydrogen) atoms. The van der Waals surface area contributed by atoms with Gasteiger partial charge in [0.1, 0.15) is 0 Å². The minimum atomic E-state index is 0.821. The Hall–Kier alpha value is -0.670. The highest BCUT2D eigenvalue weighted by Gasteiger charge is 1.79. The van der Waals surface area contributed by atoms with E-state index in [2.05, 4.69) is 5.92 Å². The van der Waals surface area contributed by atoms with Crippen molar-refractivity contribution >= 4 is 11.6 Å². The van der Waals surface area contributed by atoms with Gasteiger partial charge in [-0.05, 0) is 18.6 Å². The Labute approximate surface area is 61.2 Å². The molecule has 48 valence electrons. The summed E-state index contributed by atoms with van der Waals surface area (Å²) in [6.07, 6.45) is 11.0. The van der Waals surface area contributed by atoms with E-state index in [1.807, 2.05) is 6.92 Å². The molecule has 0 saturated carbocycles. The molecule has 1 heteroatoms. The van der Waals surface area contributed by atoms with Crippen LogP contribution in [-0.4, -0.2) is 0 Å². The van der Waals surface area contributed by atoms with Crippen molar-refractivity contribution in [1.29, 1.82) is 0 Å². The van der Waals surface area contributed by atoms with E-state index in [0.29, 0.717) is 0 Å². The van der Waals surface area contributed by atoms with Gasteiger partial charge in [-0.3, -0.25) is 0 Å². The smallest absolute Gasteiger partial charge is 0.0178 e. The van der Waals surface area contributed by atoms with Gasteiger partial charge in [-0.15, -0.1) is 6.42 Å². The number of hydrogen-bond acceptors (Lipinski definition) is 0. The standard InChI is InChI=1S/C8H9Cl/c1-3-5-6-7-8(9)4-2/h1,5-7H,4H2,2H3/b6-5-,8-7+. The Balaban J connectivity index is 3.72. The zero-order chi connectivity index (χ0) is 7.11. The van der Waals surface area contributed by atoms with E-state index < -0.39 is 0 Å². The van der Waals surface area contributed by atoms with E-state index in [1.54, 1.807) is 18.2 Å². The molecule has 0 nitrogen and oxygen atoms in total. The summed E-state index contributed by atoms with van der Waals surface area (Å²) in [6.45, 7) is 1.99. The first-order valence-electron chi connectivity index (χ1n) is 2.78. The number of hydrogen-bond donors (Lipinski definition) is 0. The average Bonchev–Trinajstić information content (AvgIpc) is 1.89. The van der Waals surface area contributed by atoms with Crippen LogP contribution < -0.4 is 0 Å². The normalized spacial score (nSPS) is 11.9. The predicted molar refractivity (Wildman–Crippen MR) is 42.2 cm³/mol. The Bertz CT molecular complexity index is 158. The lowest BCUT2D eigenvalue weighted by Crippen LogP contribution is -1.62. The Morgan fingerprint density at radius 1 is 1.78 bits per heavy atom. The molecule has 0 fully saturated rings. The molecule has 0 aromatic rings. The van der Waals surface area contributed by atoms with E-state index in [-0.39, 0.29) is 0 Å². The summed E-state index contributed by atoms with van der Waals surface area (Å²) in [5.74, 6) is 2.36. The summed E-state index contributed by atoms with van der Waals surface area (Å²) in [5.41, 5.74) is 0. The highest BCUT2D eigenvalue weighted by atomic mass is 35.5. The van der Waals surface area contributed by atoms with Crippen LogP contribution >= 0.6 is 11.6 Å². The molecule has 0 aromatic carbocycles. The molecule has 0 saturated heterocycles. The van der Waals surface area contributed by atoms with Gasteiger partial charge in [0.15, 0.2) is 0 Å². The molecule has 0 aliphatic heterocycles. The monoisotopic (exact) mass is 140 g/mol. The first kappa shape index (κ1) is 8.33. The predicted octanol–water partition coefficient (Wildman–Crippen LogP) is 2.71. The first-order valence-corrected chi connectivity index (χ1v) is 3.16. The maximum atomic E-state index is 5.64. The van der Waals surface area contributed by atoms with Crippen molar-refractivity contribution in [3.8, 4) is 12.3 Å². The van der Waals surface area contributed by atoms with Gasteiger partial charge in [0, 0.05) is 5.03 Å². The maximum absolute atomic E-state index is 5.64. The average molecular weight is 141 g/mol. The fourth-order valence-electron chi connectivity index (χ4n) is 0.326. The molecular formula is C8H9Cl. The van der Waals surface area contributed by atoms with E-state index in [9.17, 15) is 0 Å². The second-order valence-corrected chi connectivity index (χ2v) is 1.98. The van der Waals surface area contributed by atoms with Crippen LogP contribution in [0.25, 0.3) is 0 Å². The molecule has 0 rings (SSSR count). The molecule has 0 atom stereocenters. The van der Waals surface area contributed by atoms with Gasteiger partial charge in [-0.25, -0.2) is 0 Å². The van der Waals surface area contributed by atoms with Crippen molar-refractivity contribution in [3.05, 3.63) is 23.3 Å². The molecule has 0 N–H and O–H groups in total. The van der Waals surface area contributed by atoms with Gasteiger partial charge >= 0.3 is 0 Å². The Morgan fingerprint density at radius 2 is 2.44 bits per heavy atom. The number of allylic oxidation sites excluding steroid dienone is 4. The minimum absolute atomic E-state index is 0.821. The zero-order valence-electron chi connectivity index (χ0n) is 5.39. The topological polar surface area (TPSA) is 0 Å². The van der Waals surface area contributed by atoms with Crippen molar-refractivity contribution in [2.24, 2.45) is 0 Å². The van der Waals surface area contributed by atoms with Crippen molar-refractivity contribution < 1.29 is 0 Å². The van der Waals surface area contributed by atoms with Gasteiger partial charge in [-0.2, -0.15) is 0 Å². The Morgan fingerprint density at radius 3 is 2.89 bits per heavy atom. The summed E-state index contributed by atoms with van der Waals surface area (Å²) < 4.78 is 0.